The largest absolute Gasteiger partial charge is 0.444 e. The van der Waals surface area contributed by atoms with Crippen LogP contribution in [-0.4, -0.2) is 91.4 Å². The maximum Gasteiger partial charge on any atom is 0.410 e. The summed E-state index contributed by atoms with van der Waals surface area (Å²) >= 11 is 0. The van der Waals surface area contributed by atoms with Gasteiger partial charge in [-0.3, -0.25) is 0 Å². The molecule has 5 heterocycles. The molecular weight excluding hydrogens is 611 g/mol. The SMILES string of the molecule is Cc1nn(COCC[Si](C)(C)C)c2c(-c3ccc(N(C)C4C[C@H]5CC[C@@H](C4)N5C(=O)OC(C)(C)C)nn3)ccc(-c3cnn(C)n3)c12. The molecule has 3 atom stereocenters. The van der Waals surface area contributed by atoms with Gasteiger partial charge in [0.25, 0.3) is 0 Å². The summed E-state index contributed by atoms with van der Waals surface area (Å²) < 4.78 is 13.9. The summed E-state index contributed by atoms with van der Waals surface area (Å²) in [4.78, 5) is 18.8. The van der Waals surface area contributed by atoms with Gasteiger partial charge in [-0.1, -0.05) is 25.7 Å². The number of carbonyl (C=O) groups excluding carboxylic acids is 1. The standard InChI is InChI=1S/C34H49N9O3Si/c1-22-31-26(29-20-35-41(6)39-29)12-13-27(32(31)42(38-22)21-45-16-17-47(7,8)9)28-14-15-30(37-36-28)40(5)25-18-23-10-11-24(19-25)43(23)33(44)46-34(2,3)4/h12-15,20,23-25H,10-11,16-19,21H2,1-9H3/t23-,24+,25?. The number of aromatic nitrogens is 7. The first-order chi connectivity index (χ1) is 22.2. The first-order valence-corrected chi connectivity index (χ1v) is 20.4. The molecule has 2 saturated heterocycles. The van der Waals surface area contributed by atoms with Gasteiger partial charge in [0.1, 0.15) is 18.0 Å². The molecule has 2 aliphatic heterocycles. The minimum atomic E-state index is -1.22. The Morgan fingerprint density at radius 3 is 2.30 bits per heavy atom. The molecule has 4 aromatic rings. The lowest BCUT2D eigenvalue weighted by Crippen LogP contribution is -2.53. The van der Waals surface area contributed by atoms with Gasteiger partial charge in [0, 0.05) is 63.4 Å². The molecule has 1 unspecified atom stereocenters. The highest BCUT2D eigenvalue weighted by Gasteiger charge is 2.46. The Kier molecular flexibility index (Phi) is 8.90. The Balaban J connectivity index is 1.26. The van der Waals surface area contributed by atoms with Crippen LogP contribution in [0.1, 0.15) is 52.1 Å². The quantitative estimate of drug-likeness (QED) is 0.151. The van der Waals surface area contributed by atoms with Crippen LogP contribution in [0.15, 0.2) is 30.5 Å². The first-order valence-electron chi connectivity index (χ1n) is 16.7. The van der Waals surface area contributed by atoms with Crippen LogP contribution in [0.2, 0.25) is 25.7 Å². The molecule has 0 saturated carbocycles. The predicted octanol–water partition coefficient (Wildman–Crippen LogP) is 6.28. The lowest BCUT2D eigenvalue weighted by Gasteiger charge is -2.42. The van der Waals surface area contributed by atoms with Crippen LogP contribution in [0.5, 0.6) is 0 Å². The second kappa shape index (κ2) is 12.6. The van der Waals surface area contributed by atoms with E-state index in [1.165, 1.54) is 0 Å². The monoisotopic (exact) mass is 659 g/mol. The van der Waals surface area contributed by atoms with Crippen molar-refractivity contribution in [1.82, 2.24) is 39.9 Å². The lowest BCUT2D eigenvalue weighted by molar-refractivity contribution is 0.00596. The molecule has 47 heavy (non-hydrogen) atoms. The van der Waals surface area contributed by atoms with E-state index in [1.807, 2.05) is 56.5 Å². The zero-order chi connectivity index (χ0) is 33.7. The molecule has 13 heteroatoms. The number of fused-ring (bicyclic) bond motifs is 3. The third-order valence-electron chi connectivity index (χ3n) is 9.30. The Morgan fingerprint density at radius 1 is 1.00 bits per heavy atom. The molecule has 0 spiro atoms. The van der Waals surface area contributed by atoms with Crippen molar-refractivity contribution < 1.29 is 14.3 Å². The molecular formula is C34H49N9O3Si. The van der Waals surface area contributed by atoms with Gasteiger partial charge in [-0.2, -0.15) is 20.1 Å². The van der Waals surface area contributed by atoms with Crippen molar-refractivity contribution >= 4 is 30.9 Å². The number of ether oxygens (including phenoxy) is 2. The molecule has 252 valence electrons. The Bertz CT molecular complexity index is 1720. The van der Waals surface area contributed by atoms with Crippen LogP contribution in [-0.2, 0) is 23.3 Å². The van der Waals surface area contributed by atoms with E-state index in [0.29, 0.717) is 13.3 Å². The average molecular weight is 660 g/mol. The Hall–Kier alpha value is -3.84. The summed E-state index contributed by atoms with van der Waals surface area (Å²) in [6.45, 7) is 15.9. The van der Waals surface area contributed by atoms with Crippen LogP contribution >= 0.6 is 0 Å². The molecule has 6 rings (SSSR count). The summed E-state index contributed by atoms with van der Waals surface area (Å²) in [5.41, 5.74) is 4.81. The van der Waals surface area contributed by atoms with E-state index in [-0.39, 0.29) is 24.2 Å². The van der Waals surface area contributed by atoms with Gasteiger partial charge in [0.15, 0.2) is 5.82 Å². The van der Waals surface area contributed by atoms with E-state index < -0.39 is 13.7 Å². The number of aryl methyl sites for hydroxylation is 2. The van der Waals surface area contributed by atoms with Gasteiger partial charge < -0.3 is 19.3 Å². The van der Waals surface area contributed by atoms with Gasteiger partial charge in [0.2, 0.25) is 0 Å². The molecule has 0 aliphatic carbocycles. The zero-order valence-corrected chi connectivity index (χ0v) is 30.3. The fraction of sp³-hybridized carbons (Fsp3) is 0.588. The number of benzene rings is 1. The number of anilines is 1. The Labute approximate surface area is 278 Å². The number of piperidine rings is 1. The first kappa shape index (κ1) is 33.1. The highest BCUT2D eigenvalue weighted by molar-refractivity contribution is 6.76. The third kappa shape index (κ3) is 7.06. The van der Waals surface area contributed by atoms with Gasteiger partial charge >= 0.3 is 6.09 Å². The van der Waals surface area contributed by atoms with Crippen molar-refractivity contribution in [3.63, 3.8) is 0 Å². The van der Waals surface area contributed by atoms with Crippen molar-refractivity contribution in [2.75, 3.05) is 18.6 Å². The van der Waals surface area contributed by atoms with E-state index >= 15 is 0 Å². The van der Waals surface area contributed by atoms with E-state index in [9.17, 15) is 4.79 Å². The molecule has 0 N–H and O–H groups in total. The normalized spacial score (nSPS) is 19.9. The molecule has 1 aromatic carbocycles. The number of carbonyl (C=O) groups is 1. The van der Waals surface area contributed by atoms with Crippen molar-refractivity contribution in [2.24, 2.45) is 7.05 Å². The van der Waals surface area contributed by atoms with Crippen LogP contribution < -0.4 is 4.90 Å². The molecule has 1 amide bonds. The van der Waals surface area contributed by atoms with E-state index in [4.69, 9.17) is 24.8 Å². The lowest BCUT2D eigenvalue weighted by atomic mass is 9.96. The molecule has 2 aliphatic rings. The zero-order valence-electron chi connectivity index (χ0n) is 29.3. The Morgan fingerprint density at radius 2 is 1.70 bits per heavy atom. The van der Waals surface area contributed by atoms with Gasteiger partial charge in [-0.25, -0.2) is 9.48 Å². The predicted molar refractivity (Wildman–Crippen MR) is 186 cm³/mol. The number of nitrogens with zero attached hydrogens (tertiary/aromatic N) is 9. The highest BCUT2D eigenvalue weighted by Crippen LogP contribution is 2.40. The van der Waals surface area contributed by atoms with E-state index in [0.717, 1.165) is 76.7 Å². The number of hydrogen-bond acceptors (Lipinski definition) is 9. The number of hydrogen-bond donors (Lipinski definition) is 0. The van der Waals surface area contributed by atoms with E-state index in [1.54, 1.807) is 11.0 Å². The van der Waals surface area contributed by atoms with Crippen LogP contribution in [0, 0.1) is 6.92 Å². The topological polar surface area (TPSA) is 116 Å². The minimum Gasteiger partial charge on any atom is -0.444 e. The highest BCUT2D eigenvalue weighted by atomic mass is 28.3. The average Bonchev–Trinajstić information content (AvgIpc) is 3.66. The third-order valence-corrected chi connectivity index (χ3v) is 11.0. The minimum absolute atomic E-state index is 0.181. The summed E-state index contributed by atoms with van der Waals surface area (Å²) in [5.74, 6) is 0.815. The second-order valence-electron chi connectivity index (χ2n) is 15.3. The van der Waals surface area contributed by atoms with Gasteiger partial charge in [-0.15, -0.1) is 10.2 Å². The number of amides is 1. The second-order valence-corrected chi connectivity index (χ2v) is 20.9. The molecule has 2 fully saturated rings. The summed E-state index contributed by atoms with van der Waals surface area (Å²) in [6.07, 6.45) is 5.38. The van der Waals surface area contributed by atoms with Crippen molar-refractivity contribution in [2.45, 2.75) is 110 Å². The van der Waals surface area contributed by atoms with Gasteiger partial charge in [0.05, 0.1) is 23.1 Å². The van der Waals surface area contributed by atoms with Gasteiger partial charge in [-0.05, 0) is 77.6 Å². The summed E-state index contributed by atoms with van der Waals surface area (Å²) in [5, 5.41) is 24.3. The molecule has 3 aromatic heterocycles. The maximum absolute atomic E-state index is 13.0. The smallest absolute Gasteiger partial charge is 0.410 e. The molecule has 2 bridgehead atoms. The fourth-order valence-electron chi connectivity index (χ4n) is 6.94. The van der Waals surface area contributed by atoms with E-state index in [2.05, 4.69) is 53.9 Å². The van der Waals surface area contributed by atoms with Crippen molar-refractivity contribution in [3.05, 3.63) is 36.2 Å². The summed E-state index contributed by atoms with van der Waals surface area (Å²) in [7, 11) is 2.68. The van der Waals surface area contributed by atoms with Crippen molar-refractivity contribution in [1.29, 1.82) is 0 Å². The summed E-state index contributed by atoms with van der Waals surface area (Å²) in [6, 6.07) is 9.95. The number of rotatable bonds is 9. The molecule has 12 nitrogen and oxygen atoms in total. The van der Waals surface area contributed by atoms with Crippen LogP contribution in [0.3, 0.4) is 0 Å². The molecule has 0 radical (unpaired) electrons. The van der Waals surface area contributed by atoms with Crippen molar-refractivity contribution in [3.8, 4) is 22.5 Å². The van der Waals surface area contributed by atoms with Crippen LogP contribution in [0.25, 0.3) is 33.4 Å². The van der Waals surface area contributed by atoms with Crippen LogP contribution in [0.4, 0.5) is 10.6 Å². The maximum atomic E-state index is 13.0. The fourth-order valence-corrected chi connectivity index (χ4v) is 7.70.